The highest BCUT2D eigenvalue weighted by Gasteiger charge is 2.98. The lowest BCUT2D eigenvalue weighted by molar-refractivity contribution is -0.480. The van der Waals surface area contributed by atoms with Gasteiger partial charge in [-0.2, -0.15) is 105 Å². The summed E-state index contributed by atoms with van der Waals surface area (Å²) < 4.78 is 304. The average Bonchev–Trinajstić information content (AvgIpc) is 2.70. The van der Waals surface area contributed by atoms with Crippen LogP contribution in [0.25, 0.3) is 0 Å². The highest BCUT2D eigenvalue weighted by Crippen LogP contribution is 2.66. The molecule has 4 nitrogen and oxygen atoms in total. The van der Waals surface area contributed by atoms with E-state index < -0.39 is 83.1 Å². The molecular formula is C14H9F21O4S. The van der Waals surface area contributed by atoms with Gasteiger partial charge in [-0.3, -0.25) is 0 Å². The van der Waals surface area contributed by atoms with Gasteiger partial charge in [0.15, 0.2) is 0 Å². The zero-order valence-corrected chi connectivity index (χ0v) is 18.9. The van der Waals surface area contributed by atoms with Crippen molar-refractivity contribution in [2.24, 2.45) is 0 Å². The highest BCUT2D eigenvalue weighted by atomic mass is 32.3. The fraction of sp³-hybridized carbons (Fsp3) is 1.00. The third kappa shape index (κ3) is 5.46. The first-order valence-corrected chi connectivity index (χ1v) is 10.4. The number of unbranched alkanes of at least 4 members (excludes halogenated alkanes) is 1. The third-order valence-corrected chi connectivity index (χ3v) is 5.28. The standard InChI is InChI=1S/C14H9F21O4S/c1-2-3-4-38-40(36,37)39-14(34,35)12(29,30)10(25,26)8(21,22)6(17,18)5(15,16)7(19,20)9(23,24)11(27,28)13(31,32)33/h2-4H2,1H3. The summed E-state index contributed by atoms with van der Waals surface area (Å²) in [7, 11) is -6.69. The van der Waals surface area contributed by atoms with Gasteiger partial charge in [0.25, 0.3) is 0 Å². The van der Waals surface area contributed by atoms with E-state index in [0.717, 1.165) is 0 Å². The summed E-state index contributed by atoms with van der Waals surface area (Å²) in [6.07, 6.45) is -16.4. The second-order valence-electron chi connectivity index (χ2n) is 7.28. The molecule has 0 aliphatic heterocycles. The minimum atomic E-state index is -9.34. The molecule has 0 aliphatic carbocycles. The van der Waals surface area contributed by atoms with Crippen LogP contribution in [0.5, 0.6) is 0 Å². The van der Waals surface area contributed by atoms with Crippen LogP contribution in [0.1, 0.15) is 19.8 Å². The molecule has 242 valence electrons. The molecule has 0 rings (SSSR count). The molecular weight excluding hydrogens is 663 g/mol. The molecule has 0 spiro atoms. The zero-order chi connectivity index (χ0) is 33.0. The monoisotopic (exact) mass is 672 g/mol. The summed E-state index contributed by atoms with van der Waals surface area (Å²) in [6, 6.07) is 0. The first-order valence-electron chi connectivity index (χ1n) is 9.09. The van der Waals surface area contributed by atoms with E-state index in [1.807, 2.05) is 4.18 Å². The Hall–Kier alpha value is -1.60. The summed E-state index contributed by atoms with van der Waals surface area (Å²) >= 11 is 0. The number of hydrogen-bond donors (Lipinski definition) is 0. The summed E-state index contributed by atoms with van der Waals surface area (Å²) in [5.74, 6) is -72.1. The fourth-order valence-electron chi connectivity index (χ4n) is 2.05. The molecule has 0 bridgehead atoms. The largest absolute Gasteiger partial charge is 0.460 e. The lowest BCUT2D eigenvalue weighted by Crippen LogP contribution is -2.77. The smallest absolute Gasteiger partial charge is 0.248 e. The van der Waals surface area contributed by atoms with Crippen LogP contribution in [-0.4, -0.2) is 74.7 Å². The van der Waals surface area contributed by atoms with Gasteiger partial charge in [0.1, 0.15) is 0 Å². The molecule has 0 saturated carbocycles. The fourth-order valence-corrected chi connectivity index (χ4v) is 2.78. The van der Waals surface area contributed by atoms with Crippen molar-refractivity contribution in [2.75, 3.05) is 6.61 Å². The van der Waals surface area contributed by atoms with Crippen molar-refractivity contribution in [3.05, 3.63) is 0 Å². The van der Waals surface area contributed by atoms with Crippen LogP contribution in [0.15, 0.2) is 0 Å². The zero-order valence-electron chi connectivity index (χ0n) is 18.1. The number of alkyl halides is 21. The second-order valence-corrected chi connectivity index (χ2v) is 8.50. The first kappa shape index (κ1) is 38.4. The molecule has 0 N–H and O–H groups in total. The molecule has 0 aromatic heterocycles. The van der Waals surface area contributed by atoms with Crippen LogP contribution in [0.4, 0.5) is 92.2 Å². The molecule has 0 atom stereocenters. The van der Waals surface area contributed by atoms with Crippen molar-refractivity contribution >= 4 is 10.4 Å². The van der Waals surface area contributed by atoms with Gasteiger partial charge in [-0.15, -0.1) is 0 Å². The number of hydrogen-bond acceptors (Lipinski definition) is 4. The minimum absolute atomic E-state index is 0.0752. The second kappa shape index (κ2) is 10.3. The van der Waals surface area contributed by atoms with Gasteiger partial charge in [-0.1, -0.05) is 13.3 Å². The molecule has 26 heteroatoms. The summed E-state index contributed by atoms with van der Waals surface area (Å²) in [6.45, 7) is -0.0645. The van der Waals surface area contributed by atoms with E-state index in [-0.39, 0.29) is 6.42 Å². The number of rotatable bonds is 14. The Morgan fingerprint density at radius 3 is 1.02 bits per heavy atom. The predicted octanol–water partition coefficient (Wildman–Crippen LogP) is 7.30. The molecule has 0 aromatic rings. The molecule has 0 saturated heterocycles. The molecule has 0 heterocycles. The van der Waals surface area contributed by atoms with Crippen molar-refractivity contribution in [1.82, 2.24) is 0 Å². The van der Waals surface area contributed by atoms with Crippen molar-refractivity contribution in [3.8, 4) is 0 Å². The molecule has 40 heavy (non-hydrogen) atoms. The van der Waals surface area contributed by atoms with Gasteiger partial charge >= 0.3 is 70.1 Å². The Morgan fingerprint density at radius 2 is 0.750 bits per heavy atom. The van der Waals surface area contributed by atoms with Gasteiger partial charge in [0.05, 0.1) is 6.61 Å². The van der Waals surface area contributed by atoms with Crippen molar-refractivity contribution < 1.29 is 109 Å². The Morgan fingerprint density at radius 1 is 0.475 bits per heavy atom. The van der Waals surface area contributed by atoms with Gasteiger partial charge in [-0.05, 0) is 6.42 Å². The Balaban J connectivity index is 6.93. The normalized spacial score (nSPS) is 16.4. The van der Waals surface area contributed by atoms with E-state index >= 15 is 0 Å². The summed E-state index contributed by atoms with van der Waals surface area (Å²) in [4.78, 5) is 0. The van der Waals surface area contributed by atoms with Gasteiger partial charge in [0.2, 0.25) is 0 Å². The molecule has 0 radical (unpaired) electrons. The Labute approximate surface area is 206 Å². The van der Waals surface area contributed by atoms with E-state index in [1.54, 1.807) is 0 Å². The first-order chi connectivity index (χ1) is 17.0. The lowest BCUT2D eigenvalue weighted by Gasteiger charge is -2.44. The van der Waals surface area contributed by atoms with E-state index in [1.165, 1.54) is 6.92 Å². The van der Waals surface area contributed by atoms with Gasteiger partial charge in [-0.25, -0.2) is 4.18 Å². The average molecular weight is 672 g/mol. The topological polar surface area (TPSA) is 52.6 Å². The van der Waals surface area contributed by atoms with Crippen LogP contribution in [0.2, 0.25) is 0 Å². The Bertz CT molecular complexity index is 999. The van der Waals surface area contributed by atoms with Crippen LogP contribution >= 0.6 is 0 Å². The van der Waals surface area contributed by atoms with Crippen LogP contribution in [-0.2, 0) is 18.8 Å². The van der Waals surface area contributed by atoms with Gasteiger partial charge in [0, 0.05) is 0 Å². The molecule has 0 aliphatic rings. The van der Waals surface area contributed by atoms with Crippen molar-refractivity contribution in [1.29, 1.82) is 0 Å². The Kier molecular flexibility index (Phi) is 9.88. The predicted molar refractivity (Wildman–Crippen MR) is 81.4 cm³/mol. The van der Waals surface area contributed by atoms with E-state index in [4.69, 9.17) is 0 Å². The van der Waals surface area contributed by atoms with Gasteiger partial charge < -0.3 is 0 Å². The lowest BCUT2D eigenvalue weighted by atomic mass is 9.87. The van der Waals surface area contributed by atoms with Crippen LogP contribution in [0, 0.1) is 0 Å². The summed E-state index contributed by atoms with van der Waals surface area (Å²) in [5.41, 5.74) is 0. The molecule has 0 fully saturated rings. The third-order valence-electron chi connectivity index (χ3n) is 4.41. The van der Waals surface area contributed by atoms with Crippen LogP contribution < -0.4 is 0 Å². The van der Waals surface area contributed by atoms with Crippen LogP contribution in [0.3, 0.4) is 0 Å². The molecule has 0 amide bonds. The molecule has 0 unspecified atom stereocenters. The maximum Gasteiger partial charge on any atom is 0.460 e. The number of halogens is 21. The van der Waals surface area contributed by atoms with E-state index in [9.17, 15) is 101 Å². The maximum atomic E-state index is 13.6. The maximum absolute atomic E-state index is 13.6. The molecule has 0 aromatic carbocycles. The SMILES string of the molecule is CCCCOS(=O)(=O)OC(F)(F)C(F)(F)C(F)(F)C(F)(F)C(F)(F)C(F)(F)C(F)(F)C(F)(F)C(F)(F)C(F)(F)F. The van der Waals surface area contributed by atoms with E-state index in [2.05, 4.69) is 4.18 Å². The highest BCUT2D eigenvalue weighted by molar-refractivity contribution is 7.81. The quantitative estimate of drug-likeness (QED) is 0.144. The van der Waals surface area contributed by atoms with E-state index in [0.29, 0.717) is 0 Å². The van der Waals surface area contributed by atoms with Crippen molar-refractivity contribution in [2.45, 2.75) is 79.4 Å². The van der Waals surface area contributed by atoms with Crippen molar-refractivity contribution in [3.63, 3.8) is 0 Å². The minimum Gasteiger partial charge on any atom is -0.248 e. The summed E-state index contributed by atoms with van der Waals surface area (Å²) in [5, 5.41) is 0.